The Hall–Kier alpha value is -0.610. The molecule has 0 unspecified atom stereocenters. The minimum atomic E-state index is 0.225. The number of carbonyl (C=O) groups is 1. The monoisotopic (exact) mass is 228 g/mol. The first kappa shape index (κ1) is 13.5. The maximum Gasteiger partial charge on any atom is 0.224 e. The Balaban J connectivity index is 2.31. The summed E-state index contributed by atoms with van der Waals surface area (Å²) in [5, 5.41) is 3.35. The first-order valence-electron chi connectivity index (χ1n) is 6.25. The van der Waals surface area contributed by atoms with Crippen LogP contribution in [0.25, 0.3) is 0 Å². The van der Waals surface area contributed by atoms with Crippen molar-refractivity contribution >= 4 is 5.91 Å². The Kier molecular flexibility index (Phi) is 6.42. The quantitative estimate of drug-likeness (QED) is 0.733. The lowest BCUT2D eigenvalue weighted by Gasteiger charge is -2.29. The van der Waals surface area contributed by atoms with Crippen molar-refractivity contribution in [3.63, 3.8) is 0 Å². The van der Waals surface area contributed by atoms with Crippen LogP contribution in [-0.4, -0.2) is 50.7 Å². The molecule has 0 atom stereocenters. The summed E-state index contributed by atoms with van der Waals surface area (Å²) in [7, 11) is 1.64. The van der Waals surface area contributed by atoms with Crippen LogP contribution in [0.5, 0.6) is 0 Å². The molecule has 0 aliphatic carbocycles. The van der Waals surface area contributed by atoms with Crippen molar-refractivity contribution in [2.45, 2.75) is 26.2 Å². The van der Waals surface area contributed by atoms with Gasteiger partial charge < -0.3 is 15.0 Å². The second kappa shape index (κ2) is 7.63. The summed E-state index contributed by atoms with van der Waals surface area (Å²) in [5.74, 6) is 0.899. The number of piperidine rings is 1. The Morgan fingerprint density at radius 3 is 2.69 bits per heavy atom. The van der Waals surface area contributed by atoms with Gasteiger partial charge in [0.15, 0.2) is 0 Å². The van der Waals surface area contributed by atoms with E-state index in [4.69, 9.17) is 4.74 Å². The Labute approximate surface area is 98.3 Å². The number of hydrogen-bond acceptors (Lipinski definition) is 3. The number of amides is 1. The smallest absolute Gasteiger partial charge is 0.224 e. The van der Waals surface area contributed by atoms with Gasteiger partial charge in [0.1, 0.15) is 0 Å². The number of hydrogen-bond donors (Lipinski definition) is 1. The van der Waals surface area contributed by atoms with Crippen LogP contribution in [-0.2, 0) is 9.53 Å². The number of nitrogens with zero attached hydrogens (tertiary/aromatic N) is 1. The van der Waals surface area contributed by atoms with E-state index in [9.17, 15) is 4.79 Å². The van der Waals surface area contributed by atoms with E-state index in [-0.39, 0.29) is 5.91 Å². The van der Waals surface area contributed by atoms with Crippen LogP contribution >= 0.6 is 0 Å². The fourth-order valence-corrected chi connectivity index (χ4v) is 2.13. The lowest BCUT2D eigenvalue weighted by atomic mass is 9.97. The molecular weight excluding hydrogens is 204 g/mol. The highest BCUT2D eigenvalue weighted by molar-refractivity contribution is 5.76. The van der Waals surface area contributed by atoms with Gasteiger partial charge in [-0.15, -0.1) is 0 Å². The van der Waals surface area contributed by atoms with Crippen LogP contribution in [0.4, 0.5) is 0 Å². The Bertz CT molecular complexity index is 203. The van der Waals surface area contributed by atoms with Crippen LogP contribution in [0, 0.1) is 5.92 Å². The highest BCUT2D eigenvalue weighted by Crippen LogP contribution is 2.13. The number of nitrogens with one attached hydrogen (secondary N) is 1. The van der Waals surface area contributed by atoms with Gasteiger partial charge in [-0.05, 0) is 38.8 Å². The van der Waals surface area contributed by atoms with Gasteiger partial charge in [0.25, 0.3) is 0 Å². The van der Waals surface area contributed by atoms with Crippen molar-refractivity contribution in [1.82, 2.24) is 10.2 Å². The first-order valence-corrected chi connectivity index (χ1v) is 6.25. The van der Waals surface area contributed by atoms with Gasteiger partial charge >= 0.3 is 0 Å². The molecule has 1 N–H and O–H groups in total. The first-order chi connectivity index (χ1) is 7.77. The van der Waals surface area contributed by atoms with Crippen molar-refractivity contribution in [2.24, 2.45) is 5.92 Å². The average Bonchev–Trinajstić information content (AvgIpc) is 2.34. The molecule has 0 radical (unpaired) electrons. The van der Waals surface area contributed by atoms with Crippen LogP contribution in [0.3, 0.4) is 0 Å². The Morgan fingerprint density at radius 2 is 2.12 bits per heavy atom. The van der Waals surface area contributed by atoms with E-state index in [1.165, 1.54) is 12.8 Å². The van der Waals surface area contributed by atoms with E-state index >= 15 is 0 Å². The highest BCUT2D eigenvalue weighted by atomic mass is 16.5. The SMILES string of the molecule is CCN(CC1CCNCC1)C(=O)CCOC. The molecule has 1 aliphatic heterocycles. The minimum absolute atomic E-state index is 0.225. The van der Waals surface area contributed by atoms with Crippen LogP contribution in [0.2, 0.25) is 0 Å². The molecule has 0 aromatic rings. The van der Waals surface area contributed by atoms with E-state index in [2.05, 4.69) is 5.32 Å². The van der Waals surface area contributed by atoms with Gasteiger partial charge in [-0.1, -0.05) is 0 Å². The average molecular weight is 228 g/mol. The molecule has 0 saturated carbocycles. The van der Waals surface area contributed by atoms with Gasteiger partial charge in [-0.3, -0.25) is 4.79 Å². The topological polar surface area (TPSA) is 41.6 Å². The van der Waals surface area contributed by atoms with E-state index in [1.807, 2.05) is 11.8 Å². The predicted octanol–water partition coefficient (Wildman–Crippen LogP) is 0.871. The summed E-state index contributed by atoms with van der Waals surface area (Å²) >= 11 is 0. The molecule has 94 valence electrons. The normalized spacial score (nSPS) is 17.4. The molecule has 4 nitrogen and oxygen atoms in total. The molecule has 1 aliphatic rings. The third-order valence-corrected chi connectivity index (χ3v) is 3.19. The van der Waals surface area contributed by atoms with Crippen LogP contribution in [0.1, 0.15) is 26.2 Å². The number of methoxy groups -OCH3 is 1. The Morgan fingerprint density at radius 1 is 1.44 bits per heavy atom. The number of ether oxygens (including phenoxy) is 1. The summed E-state index contributed by atoms with van der Waals surface area (Å²) in [6.07, 6.45) is 2.89. The van der Waals surface area contributed by atoms with Crippen molar-refractivity contribution in [2.75, 3.05) is 39.9 Å². The molecular formula is C12H24N2O2. The molecule has 0 spiro atoms. The van der Waals surface area contributed by atoms with E-state index in [0.29, 0.717) is 18.9 Å². The highest BCUT2D eigenvalue weighted by Gasteiger charge is 2.19. The van der Waals surface area contributed by atoms with Gasteiger partial charge in [-0.25, -0.2) is 0 Å². The molecule has 0 aromatic carbocycles. The maximum atomic E-state index is 11.8. The molecule has 1 rings (SSSR count). The van der Waals surface area contributed by atoms with Crippen molar-refractivity contribution in [3.05, 3.63) is 0 Å². The zero-order chi connectivity index (χ0) is 11.8. The van der Waals surface area contributed by atoms with Crippen molar-refractivity contribution in [3.8, 4) is 0 Å². The van der Waals surface area contributed by atoms with Gasteiger partial charge in [0.05, 0.1) is 13.0 Å². The van der Waals surface area contributed by atoms with Gasteiger partial charge in [0.2, 0.25) is 5.91 Å². The summed E-state index contributed by atoms with van der Waals surface area (Å²) in [5.41, 5.74) is 0. The third-order valence-electron chi connectivity index (χ3n) is 3.19. The molecule has 1 fully saturated rings. The zero-order valence-electron chi connectivity index (χ0n) is 10.5. The fourth-order valence-electron chi connectivity index (χ4n) is 2.13. The lowest BCUT2D eigenvalue weighted by Crippen LogP contribution is -2.39. The summed E-state index contributed by atoms with van der Waals surface area (Å²) in [6.45, 7) is 6.49. The van der Waals surface area contributed by atoms with E-state index in [0.717, 1.165) is 26.2 Å². The largest absolute Gasteiger partial charge is 0.384 e. The maximum absolute atomic E-state index is 11.8. The molecule has 4 heteroatoms. The molecule has 1 saturated heterocycles. The molecule has 16 heavy (non-hydrogen) atoms. The lowest BCUT2D eigenvalue weighted by molar-refractivity contribution is -0.132. The van der Waals surface area contributed by atoms with Crippen molar-refractivity contribution < 1.29 is 9.53 Å². The number of rotatable bonds is 6. The van der Waals surface area contributed by atoms with E-state index in [1.54, 1.807) is 7.11 Å². The van der Waals surface area contributed by atoms with Gasteiger partial charge in [0, 0.05) is 20.2 Å². The van der Waals surface area contributed by atoms with E-state index < -0.39 is 0 Å². The fraction of sp³-hybridized carbons (Fsp3) is 0.917. The zero-order valence-corrected chi connectivity index (χ0v) is 10.5. The minimum Gasteiger partial charge on any atom is -0.384 e. The second-order valence-electron chi connectivity index (χ2n) is 4.37. The summed E-state index contributed by atoms with van der Waals surface area (Å²) < 4.78 is 4.94. The van der Waals surface area contributed by atoms with Gasteiger partial charge in [-0.2, -0.15) is 0 Å². The third kappa shape index (κ3) is 4.49. The molecule has 1 heterocycles. The van der Waals surface area contributed by atoms with Crippen LogP contribution in [0.15, 0.2) is 0 Å². The molecule has 0 aromatic heterocycles. The standard InChI is InChI=1S/C12H24N2O2/c1-3-14(12(15)6-9-16-2)10-11-4-7-13-8-5-11/h11,13H,3-10H2,1-2H3. The number of carbonyl (C=O) groups excluding carboxylic acids is 1. The van der Waals surface area contributed by atoms with Crippen LogP contribution < -0.4 is 5.32 Å². The summed E-state index contributed by atoms with van der Waals surface area (Å²) in [4.78, 5) is 13.8. The molecule has 1 amide bonds. The van der Waals surface area contributed by atoms with Crippen molar-refractivity contribution in [1.29, 1.82) is 0 Å². The predicted molar refractivity (Wildman–Crippen MR) is 64.3 cm³/mol. The second-order valence-corrected chi connectivity index (χ2v) is 4.37. The molecule has 0 bridgehead atoms. The summed E-state index contributed by atoms with van der Waals surface area (Å²) in [6, 6.07) is 0.